The topological polar surface area (TPSA) is 0 Å². The van der Waals surface area contributed by atoms with Crippen LogP contribution in [-0.4, -0.2) is 23.7 Å². The second-order valence-electron chi connectivity index (χ2n) is 13.6. The fraction of sp³-hybridized carbons (Fsp3) is 0.286. The van der Waals surface area contributed by atoms with Gasteiger partial charge >= 0.3 is 0 Å². The van der Waals surface area contributed by atoms with Gasteiger partial charge in [0.25, 0.3) is 0 Å². The first kappa shape index (κ1) is 33.2. The minimum Gasteiger partial charge on any atom is -0.316 e. The molecule has 0 saturated heterocycles. The van der Waals surface area contributed by atoms with Gasteiger partial charge in [-0.25, -0.2) is 26.3 Å². The second-order valence-corrected chi connectivity index (χ2v) is 13.6. The third-order valence-electron chi connectivity index (χ3n) is 10.4. The van der Waals surface area contributed by atoms with Crippen molar-refractivity contribution < 1.29 is 30.8 Å². The molecule has 0 bridgehead atoms. The van der Waals surface area contributed by atoms with E-state index < -0.39 is 35.3 Å². The predicted molar refractivity (Wildman–Crippen MR) is 186 cm³/mol. The Bertz CT molecular complexity index is 2130. The summed E-state index contributed by atoms with van der Waals surface area (Å²) in [5.74, 6) is -6.62. The standard InChI is InChI=1S/C42H38F6N/c1-3-5-15-49(16-6-4-2)23-33-31(27-19-35(43)41(47)36(44)20-27)17-25-11-7-9-13-29(25)39(33)40-30-14-10-8-12-26(30)18-32(34(40)24-49)28-21-37(45)42(48)38(46)22-28/h7-14,17-21,38H,3-6,15-16,22-24H2,1-2H3/q+1. The van der Waals surface area contributed by atoms with Crippen molar-refractivity contribution in [2.24, 2.45) is 0 Å². The van der Waals surface area contributed by atoms with E-state index in [2.05, 4.69) is 13.8 Å². The third kappa shape index (κ3) is 5.86. The van der Waals surface area contributed by atoms with Crippen LogP contribution in [0.25, 0.3) is 49.4 Å². The Kier molecular flexibility index (Phi) is 8.91. The second kappa shape index (κ2) is 13.2. The number of alkyl halides is 1. The molecular weight excluding hydrogens is 632 g/mol. The zero-order valence-electron chi connectivity index (χ0n) is 27.7. The SMILES string of the molecule is CCCC[N+]1(CCCC)Cc2c(C3=CC(F)=C(F)C(F)C3)cc3ccccc3c2-c2c(c(-c3cc(F)c(F)c(F)c3)cc3ccccc23)C1. The van der Waals surface area contributed by atoms with Gasteiger partial charge in [-0.05, 0) is 87.0 Å². The van der Waals surface area contributed by atoms with E-state index in [1.165, 1.54) is 0 Å². The molecule has 0 fully saturated rings. The van der Waals surface area contributed by atoms with Gasteiger partial charge in [0.15, 0.2) is 35.3 Å². The van der Waals surface area contributed by atoms with Gasteiger partial charge in [0.05, 0.1) is 13.1 Å². The molecule has 49 heavy (non-hydrogen) atoms. The van der Waals surface area contributed by atoms with Gasteiger partial charge in [0.1, 0.15) is 13.1 Å². The Balaban J connectivity index is 1.67. The van der Waals surface area contributed by atoms with Crippen molar-refractivity contribution in [1.29, 1.82) is 0 Å². The summed E-state index contributed by atoms with van der Waals surface area (Å²) in [6.07, 6.45) is 2.46. The van der Waals surface area contributed by atoms with Gasteiger partial charge in [-0.2, -0.15) is 0 Å². The molecule has 1 atom stereocenters. The summed E-state index contributed by atoms with van der Waals surface area (Å²) in [7, 11) is 0. The normalized spacial score (nSPS) is 17.2. The first-order valence-corrected chi connectivity index (χ1v) is 17.1. The summed E-state index contributed by atoms with van der Waals surface area (Å²) in [5.41, 5.74) is 5.50. The molecule has 0 radical (unpaired) electrons. The Morgan fingerprint density at radius 1 is 0.673 bits per heavy atom. The van der Waals surface area contributed by atoms with E-state index in [1.54, 1.807) is 0 Å². The van der Waals surface area contributed by atoms with Crippen LogP contribution in [0.15, 0.2) is 90.5 Å². The van der Waals surface area contributed by atoms with Gasteiger partial charge < -0.3 is 4.48 Å². The Labute approximate surface area is 282 Å². The first-order chi connectivity index (χ1) is 23.6. The molecule has 0 spiro atoms. The van der Waals surface area contributed by atoms with Crippen molar-refractivity contribution in [1.82, 2.24) is 0 Å². The van der Waals surface area contributed by atoms with Crippen LogP contribution in [0.4, 0.5) is 26.3 Å². The highest BCUT2D eigenvalue weighted by Crippen LogP contribution is 2.50. The molecule has 7 rings (SSSR count). The molecule has 0 amide bonds. The number of halogens is 6. The molecule has 0 saturated carbocycles. The molecule has 7 heteroatoms. The quantitative estimate of drug-likeness (QED) is 0.0876. The molecule has 0 N–H and O–H groups in total. The van der Waals surface area contributed by atoms with Crippen molar-refractivity contribution in [2.75, 3.05) is 13.1 Å². The Morgan fingerprint density at radius 2 is 1.18 bits per heavy atom. The lowest BCUT2D eigenvalue weighted by Gasteiger charge is -2.39. The lowest BCUT2D eigenvalue weighted by Crippen LogP contribution is -2.47. The highest BCUT2D eigenvalue weighted by Gasteiger charge is 2.38. The largest absolute Gasteiger partial charge is 0.316 e. The summed E-state index contributed by atoms with van der Waals surface area (Å²) in [6, 6.07) is 21.7. The number of nitrogens with zero attached hydrogens (tertiary/aromatic N) is 1. The van der Waals surface area contributed by atoms with E-state index >= 15 is 4.39 Å². The minimum absolute atomic E-state index is 0.240. The molecule has 2 aliphatic rings. The molecule has 0 aromatic heterocycles. The van der Waals surface area contributed by atoms with Gasteiger partial charge in [-0.3, -0.25) is 0 Å². The Morgan fingerprint density at radius 3 is 1.71 bits per heavy atom. The molecule has 1 heterocycles. The summed E-state index contributed by atoms with van der Waals surface area (Å²) in [6.45, 7) is 6.92. The minimum atomic E-state index is -2.09. The molecule has 252 valence electrons. The number of allylic oxidation sites excluding steroid dienone is 4. The predicted octanol–water partition coefficient (Wildman–Crippen LogP) is 12.5. The fourth-order valence-corrected chi connectivity index (χ4v) is 7.98. The zero-order chi connectivity index (χ0) is 34.4. The lowest BCUT2D eigenvalue weighted by atomic mass is 9.81. The maximum atomic E-state index is 15.1. The van der Waals surface area contributed by atoms with E-state index in [9.17, 15) is 22.0 Å². The van der Waals surface area contributed by atoms with Gasteiger partial charge in [-0.1, -0.05) is 75.2 Å². The molecule has 1 aliphatic heterocycles. The zero-order valence-corrected chi connectivity index (χ0v) is 27.7. The van der Waals surface area contributed by atoms with Gasteiger partial charge in [0, 0.05) is 28.7 Å². The van der Waals surface area contributed by atoms with E-state index in [0.717, 1.165) is 101 Å². The van der Waals surface area contributed by atoms with Crippen molar-refractivity contribution in [3.05, 3.63) is 125 Å². The summed E-state index contributed by atoms with van der Waals surface area (Å²) in [5, 5.41) is 3.55. The number of hydrogen-bond acceptors (Lipinski definition) is 0. The Hall–Kier alpha value is -4.36. The van der Waals surface area contributed by atoms with Crippen molar-refractivity contribution in [2.45, 2.75) is 65.2 Å². The molecular formula is C42H38F6N+. The number of unbranched alkanes of at least 4 members (excludes halogenated alkanes) is 2. The van der Waals surface area contributed by atoms with E-state index in [4.69, 9.17) is 0 Å². The van der Waals surface area contributed by atoms with Crippen LogP contribution in [0.3, 0.4) is 0 Å². The van der Waals surface area contributed by atoms with E-state index in [0.29, 0.717) is 34.3 Å². The summed E-state index contributed by atoms with van der Waals surface area (Å²) >= 11 is 0. The molecule has 5 aromatic carbocycles. The van der Waals surface area contributed by atoms with Crippen LogP contribution in [0.5, 0.6) is 0 Å². The lowest BCUT2D eigenvalue weighted by molar-refractivity contribution is -0.953. The van der Waals surface area contributed by atoms with Crippen LogP contribution in [0.2, 0.25) is 0 Å². The van der Waals surface area contributed by atoms with Crippen LogP contribution >= 0.6 is 0 Å². The maximum Gasteiger partial charge on any atom is 0.194 e. The summed E-state index contributed by atoms with van der Waals surface area (Å²) in [4.78, 5) is 0. The number of quaternary nitrogens is 1. The first-order valence-electron chi connectivity index (χ1n) is 17.1. The smallest absolute Gasteiger partial charge is 0.194 e. The molecule has 1 unspecified atom stereocenters. The van der Waals surface area contributed by atoms with Crippen molar-refractivity contribution in [3.63, 3.8) is 0 Å². The van der Waals surface area contributed by atoms with E-state index in [1.807, 2.05) is 60.7 Å². The highest BCUT2D eigenvalue weighted by molar-refractivity contribution is 6.11. The molecule has 1 aliphatic carbocycles. The van der Waals surface area contributed by atoms with Crippen LogP contribution in [0.1, 0.15) is 62.6 Å². The van der Waals surface area contributed by atoms with Crippen LogP contribution < -0.4 is 0 Å². The number of hydrogen-bond donors (Lipinski definition) is 0. The van der Waals surface area contributed by atoms with Crippen LogP contribution in [0, 0.1) is 17.5 Å². The van der Waals surface area contributed by atoms with Crippen LogP contribution in [-0.2, 0) is 13.1 Å². The molecule has 1 nitrogen and oxygen atoms in total. The fourth-order valence-electron chi connectivity index (χ4n) is 7.98. The van der Waals surface area contributed by atoms with Crippen molar-refractivity contribution >= 4 is 27.1 Å². The average molecular weight is 671 g/mol. The molecule has 5 aromatic rings. The highest BCUT2D eigenvalue weighted by atomic mass is 19.2. The maximum absolute atomic E-state index is 15.1. The van der Waals surface area contributed by atoms with Crippen molar-refractivity contribution in [3.8, 4) is 22.3 Å². The summed E-state index contributed by atoms with van der Waals surface area (Å²) < 4.78 is 89.1. The van der Waals surface area contributed by atoms with E-state index in [-0.39, 0.29) is 12.0 Å². The van der Waals surface area contributed by atoms with Gasteiger partial charge in [-0.15, -0.1) is 0 Å². The average Bonchev–Trinajstić information content (AvgIpc) is 3.25. The third-order valence-corrected chi connectivity index (χ3v) is 10.4. The van der Waals surface area contributed by atoms with Gasteiger partial charge in [0.2, 0.25) is 0 Å². The number of rotatable bonds is 8. The number of benzene rings is 5. The number of fused-ring (bicyclic) bond motifs is 7. The monoisotopic (exact) mass is 670 g/mol.